The van der Waals surface area contributed by atoms with E-state index in [0.717, 1.165) is 17.2 Å². The SMILES string of the molecule is CCNC(c1cc(F)c(F)cc1F)c1cccc(Cl)c1C. The summed E-state index contributed by atoms with van der Waals surface area (Å²) in [5.74, 6) is -3.07. The second-order valence-corrected chi connectivity index (χ2v) is 5.14. The van der Waals surface area contributed by atoms with Gasteiger partial charge in [-0.1, -0.05) is 30.7 Å². The highest BCUT2D eigenvalue weighted by molar-refractivity contribution is 6.31. The van der Waals surface area contributed by atoms with Gasteiger partial charge in [-0.25, -0.2) is 13.2 Å². The van der Waals surface area contributed by atoms with E-state index in [1.165, 1.54) is 0 Å². The highest BCUT2D eigenvalue weighted by Crippen LogP contribution is 2.31. The lowest BCUT2D eigenvalue weighted by molar-refractivity contribution is 0.481. The summed E-state index contributed by atoms with van der Waals surface area (Å²) >= 11 is 6.09. The quantitative estimate of drug-likeness (QED) is 0.802. The lowest BCUT2D eigenvalue weighted by Crippen LogP contribution is -2.24. The Morgan fingerprint density at radius 2 is 1.71 bits per heavy atom. The van der Waals surface area contributed by atoms with Crippen LogP contribution in [0.1, 0.15) is 29.7 Å². The van der Waals surface area contributed by atoms with E-state index >= 15 is 0 Å². The topological polar surface area (TPSA) is 12.0 Å². The Kier molecular flexibility index (Phi) is 4.91. The Labute approximate surface area is 126 Å². The second kappa shape index (κ2) is 6.50. The van der Waals surface area contributed by atoms with Crippen LogP contribution in [-0.2, 0) is 0 Å². The molecule has 0 aromatic heterocycles. The van der Waals surface area contributed by atoms with E-state index < -0.39 is 23.5 Å². The van der Waals surface area contributed by atoms with Crippen LogP contribution >= 0.6 is 11.6 Å². The first-order chi connectivity index (χ1) is 9.95. The molecule has 0 fully saturated rings. The van der Waals surface area contributed by atoms with Gasteiger partial charge in [-0.05, 0) is 36.7 Å². The lowest BCUT2D eigenvalue weighted by atomic mass is 9.94. The van der Waals surface area contributed by atoms with Gasteiger partial charge in [0.1, 0.15) is 5.82 Å². The van der Waals surface area contributed by atoms with Crippen molar-refractivity contribution in [2.75, 3.05) is 6.54 Å². The highest BCUT2D eigenvalue weighted by Gasteiger charge is 2.22. The number of hydrogen-bond acceptors (Lipinski definition) is 1. The summed E-state index contributed by atoms with van der Waals surface area (Å²) in [5, 5.41) is 3.62. The van der Waals surface area contributed by atoms with Crippen molar-refractivity contribution < 1.29 is 13.2 Å². The molecule has 2 aromatic carbocycles. The molecule has 0 aliphatic rings. The Morgan fingerprint density at radius 3 is 2.38 bits per heavy atom. The molecule has 1 unspecified atom stereocenters. The Bertz CT molecular complexity index is 658. The standard InChI is InChI=1S/C16H15ClF3N/c1-3-21-16(10-5-4-6-12(17)9(10)2)11-7-14(19)15(20)8-13(11)18/h4-8,16,21H,3H2,1-2H3. The van der Waals surface area contributed by atoms with Gasteiger partial charge in [-0.15, -0.1) is 0 Å². The van der Waals surface area contributed by atoms with E-state index in [9.17, 15) is 13.2 Å². The maximum absolute atomic E-state index is 14.0. The molecule has 0 saturated carbocycles. The summed E-state index contributed by atoms with van der Waals surface area (Å²) in [5.41, 5.74) is 1.56. The summed E-state index contributed by atoms with van der Waals surface area (Å²) in [6.07, 6.45) is 0. The Hall–Kier alpha value is -1.52. The second-order valence-electron chi connectivity index (χ2n) is 4.73. The fourth-order valence-electron chi connectivity index (χ4n) is 2.29. The average molecular weight is 314 g/mol. The molecule has 0 spiro atoms. The lowest BCUT2D eigenvalue weighted by Gasteiger charge is -2.22. The number of halogens is 4. The zero-order chi connectivity index (χ0) is 15.6. The molecule has 0 bridgehead atoms. The summed E-state index contributed by atoms with van der Waals surface area (Å²) < 4.78 is 40.6. The van der Waals surface area contributed by atoms with Gasteiger partial charge in [0.05, 0.1) is 6.04 Å². The van der Waals surface area contributed by atoms with Crippen molar-refractivity contribution in [2.45, 2.75) is 19.9 Å². The van der Waals surface area contributed by atoms with Crippen molar-refractivity contribution in [3.63, 3.8) is 0 Å². The van der Waals surface area contributed by atoms with Crippen LogP contribution in [0.15, 0.2) is 30.3 Å². The monoisotopic (exact) mass is 313 g/mol. The molecule has 1 N–H and O–H groups in total. The van der Waals surface area contributed by atoms with E-state index in [4.69, 9.17) is 11.6 Å². The molecule has 21 heavy (non-hydrogen) atoms. The van der Waals surface area contributed by atoms with E-state index in [1.807, 2.05) is 6.92 Å². The van der Waals surface area contributed by atoms with Crippen molar-refractivity contribution >= 4 is 11.6 Å². The van der Waals surface area contributed by atoms with Crippen molar-refractivity contribution in [2.24, 2.45) is 0 Å². The van der Waals surface area contributed by atoms with E-state index in [0.29, 0.717) is 17.6 Å². The van der Waals surface area contributed by atoms with E-state index in [2.05, 4.69) is 5.32 Å². The Morgan fingerprint density at radius 1 is 1.05 bits per heavy atom. The van der Waals surface area contributed by atoms with Crippen molar-refractivity contribution in [3.05, 3.63) is 69.5 Å². The van der Waals surface area contributed by atoms with Crippen molar-refractivity contribution in [1.82, 2.24) is 5.32 Å². The van der Waals surface area contributed by atoms with Crippen LogP contribution in [-0.4, -0.2) is 6.54 Å². The molecule has 2 aromatic rings. The Balaban J connectivity index is 2.59. The van der Waals surface area contributed by atoms with Crippen LogP contribution < -0.4 is 5.32 Å². The molecule has 2 rings (SSSR count). The summed E-state index contributed by atoms with van der Waals surface area (Å²) in [4.78, 5) is 0. The van der Waals surface area contributed by atoms with Gasteiger partial charge >= 0.3 is 0 Å². The minimum atomic E-state index is -1.20. The van der Waals surface area contributed by atoms with Gasteiger partial charge in [0, 0.05) is 16.7 Å². The molecule has 0 heterocycles. The van der Waals surface area contributed by atoms with Crippen LogP contribution in [0.3, 0.4) is 0 Å². The maximum Gasteiger partial charge on any atom is 0.161 e. The number of benzene rings is 2. The van der Waals surface area contributed by atoms with Crippen LogP contribution in [0.25, 0.3) is 0 Å². The van der Waals surface area contributed by atoms with Crippen molar-refractivity contribution in [1.29, 1.82) is 0 Å². The summed E-state index contributed by atoms with van der Waals surface area (Å²) in [6.45, 7) is 4.19. The summed E-state index contributed by atoms with van der Waals surface area (Å²) in [7, 11) is 0. The molecule has 1 nitrogen and oxygen atoms in total. The molecule has 0 aliphatic carbocycles. The maximum atomic E-state index is 14.0. The normalized spacial score (nSPS) is 12.5. The number of nitrogens with one attached hydrogen (secondary N) is 1. The molecule has 1 atom stereocenters. The average Bonchev–Trinajstić information content (AvgIpc) is 2.44. The third kappa shape index (κ3) is 3.22. The van der Waals surface area contributed by atoms with E-state index in [1.54, 1.807) is 25.1 Å². The largest absolute Gasteiger partial charge is 0.306 e. The van der Waals surface area contributed by atoms with Gasteiger partial charge in [0.2, 0.25) is 0 Å². The fraction of sp³-hybridized carbons (Fsp3) is 0.250. The van der Waals surface area contributed by atoms with Crippen LogP contribution in [0.4, 0.5) is 13.2 Å². The smallest absolute Gasteiger partial charge is 0.161 e. The third-order valence-electron chi connectivity index (χ3n) is 3.38. The highest BCUT2D eigenvalue weighted by atomic mass is 35.5. The minimum absolute atomic E-state index is 0.0566. The third-order valence-corrected chi connectivity index (χ3v) is 3.79. The zero-order valence-corrected chi connectivity index (χ0v) is 12.4. The van der Waals surface area contributed by atoms with Gasteiger partial charge in [0.25, 0.3) is 0 Å². The van der Waals surface area contributed by atoms with Crippen LogP contribution in [0.5, 0.6) is 0 Å². The van der Waals surface area contributed by atoms with E-state index in [-0.39, 0.29) is 5.56 Å². The zero-order valence-electron chi connectivity index (χ0n) is 11.7. The van der Waals surface area contributed by atoms with Gasteiger partial charge < -0.3 is 5.32 Å². The predicted molar refractivity (Wildman–Crippen MR) is 78.0 cm³/mol. The molecule has 0 radical (unpaired) electrons. The first-order valence-electron chi connectivity index (χ1n) is 6.58. The van der Waals surface area contributed by atoms with Crippen LogP contribution in [0.2, 0.25) is 5.02 Å². The van der Waals surface area contributed by atoms with Crippen molar-refractivity contribution in [3.8, 4) is 0 Å². The molecule has 0 amide bonds. The van der Waals surface area contributed by atoms with Crippen LogP contribution in [0, 0.1) is 24.4 Å². The molecular formula is C16H15ClF3N. The molecule has 5 heteroatoms. The fourth-order valence-corrected chi connectivity index (χ4v) is 2.47. The predicted octanol–water partition coefficient (Wildman–Crippen LogP) is 4.76. The van der Waals surface area contributed by atoms with Gasteiger partial charge in [0.15, 0.2) is 11.6 Å². The minimum Gasteiger partial charge on any atom is -0.306 e. The first kappa shape index (κ1) is 15.9. The molecular weight excluding hydrogens is 299 g/mol. The van der Waals surface area contributed by atoms with Gasteiger partial charge in [-0.2, -0.15) is 0 Å². The molecule has 0 aliphatic heterocycles. The number of hydrogen-bond donors (Lipinski definition) is 1. The van der Waals surface area contributed by atoms with Gasteiger partial charge in [-0.3, -0.25) is 0 Å². The summed E-state index contributed by atoms with van der Waals surface area (Å²) in [6, 6.07) is 6.11. The molecule has 112 valence electrons. The first-order valence-corrected chi connectivity index (χ1v) is 6.96. The molecule has 0 saturated heterocycles. The number of rotatable bonds is 4.